The summed E-state index contributed by atoms with van der Waals surface area (Å²) in [4.78, 5) is 4.93. The highest BCUT2D eigenvalue weighted by molar-refractivity contribution is 9.10. The van der Waals surface area contributed by atoms with Crippen molar-refractivity contribution in [3.05, 3.63) is 46.0 Å². The van der Waals surface area contributed by atoms with Crippen LogP contribution in [0.3, 0.4) is 0 Å². The number of ether oxygens (including phenoxy) is 2. The van der Waals surface area contributed by atoms with Gasteiger partial charge < -0.3 is 19.7 Å². The maximum Gasteiger partial charge on any atom is 0.145 e. The molecule has 1 saturated heterocycles. The van der Waals surface area contributed by atoms with Gasteiger partial charge >= 0.3 is 0 Å². The summed E-state index contributed by atoms with van der Waals surface area (Å²) in [6.45, 7) is -0.386. The van der Waals surface area contributed by atoms with Gasteiger partial charge in [-0.05, 0) is 18.2 Å². The molecule has 0 amide bonds. The maximum atomic E-state index is 10.9. The monoisotopic (exact) mass is 523 g/mol. The van der Waals surface area contributed by atoms with Gasteiger partial charge in [0.05, 0.1) is 18.4 Å². The number of halogens is 1. The SMILES string of the molecule is COC1C(Sc2cc(Br)ccc2C#N)OC(CO)C(O)C1n1cc(-c2nccs2)nn1. The summed E-state index contributed by atoms with van der Waals surface area (Å²) in [5.74, 6) is 0. The van der Waals surface area contributed by atoms with Crippen molar-refractivity contribution in [2.45, 2.75) is 34.7 Å². The normalized spacial score (nSPS) is 26.0. The number of nitrogens with zero attached hydrogens (tertiary/aromatic N) is 5. The van der Waals surface area contributed by atoms with Gasteiger partial charge in [-0.1, -0.05) is 32.9 Å². The second kappa shape index (κ2) is 9.74. The van der Waals surface area contributed by atoms with Crippen molar-refractivity contribution in [1.82, 2.24) is 20.0 Å². The fraction of sp³-hybridized carbons (Fsp3) is 0.368. The molecule has 5 unspecified atom stereocenters. The van der Waals surface area contributed by atoms with Crippen LogP contribution in [0.25, 0.3) is 10.7 Å². The Kier molecular flexibility index (Phi) is 7.02. The molecule has 1 aromatic carbocycles. The molecule has 9 nitrogen and oxygen atoms in total. The molecule has 1 aliphatic rings. The van der Waals surface area contributed by atoms with E-state index in [1.54, 1.807) is 24.5 Å². The molecule has 5 atom stereocenters. The fourth-order valence-electron chi connectivity index (χ4n) is 3.39. The minimum atomic E-state index is -1.09. The number of aliphatic hydroxyl groups excluding tert-OH is 2. The van der Waals surface area contributed by atoms with Gasteiger partial charge in [0, 0.05) is 28.1 Å². The van der Waals surface area contributed by atoms with Crippen LogP contribution in [0.5, 0.6) is 0 Å². The van der Waals surface area contributed by atoms with Crippen LogP contribution in [0.2, 0.25) is 0 Å². The zero-order valence-corrected chi connectivity index (χ0v) is 19.4. The summed E-state index contributed by atoms with van der Waals surface area (Å²) in [7, 11) is 1.52. The van der Waals surface area contributed by atoms with Crippen LogP contribution in [-0.4, -0.2) is 67.7 Å². The largest absolute Gasteiger partial charge is 0.394 e. The Morgan fingerprint density at radius 2 is 2.29 bits per heavy atom. The zero-order chi connectivity index (χ0) is 22.0. The Hall–Kier alpha value is -1.85. The minimum absolute atomic E-state index is 0.386. The molecule has 162 valence electrons. The Morgan fingerprint density at radius 1 is 1.45 bits per heavy atom. The number of hydrogen-bond acceptors (Lipinski definition) is 10. The third kappa shape index (κ3) is 4.54. The van der Waals surface area contributed by atoms with Crippen molar-refractivity contribution in [2.75, 3.05) is 13.7 Å². The molecular weight excluding hydrogens is 506 g/mol. The molecule has 1 fully saturated rings. The molecule has 0 spiro atoms. The summed E-state index contributed by atoms with van der Waals surface area (Å²) >= 11 is 6.15. The first kappa shape index (κ1) is 22.3. The van der Waals surface area contributed by atoms with Gasteiger partial charge in [0.1, 0.15) is 46.6 Å². The number of aliphatic hydroxyl groups is 2. The molecular formula is C19H18BrN5O4S2. The first-order valence-electron chi connectivity index (χ1n) is 9.21. The quantitative estimate of drug-likeness (QED) is 0.500. The molecule has 2 N–H and O–H groups in total. The van der Waals surface area contributed by atoms with Gasteiger partial charge in [0.15, 0.2) is 0 Å². The average Bonchev–Trinajstić information content (AvgIpc) is 3.46. The van der Waals surface area contributed by atoms with Gasteiger partial charge in [-0.15, -0.1) is 16.4 Å². The van der Waals surface area contributed by atoms with E-state index in [2.05, 4.69) is 37.3 Å². The van der Waals surface area contributed by atoms with Crippen LogP contribution in [0.4, 0.5) is 0 Å². The number of hydrogen-bond donors (Lipinski definition) is 2. The lowest BCUT2D eigenvalue weighted by atomic mass is 9.97. The summed E-state index contributed by atoms with van der Waals surface area (Å²) in [6, 6.07) is 6.82. The van der Waals surface area contributed by atoms with Crippen LogP contribution in [0.15, 0.2) is 45.3 Å². The third-order valence-electron chi connectivity index (χ3n) is 4.87. The van der Waals surface area contributed by atoms with Crippen molar-refractivity contribution in [3.8, 4) is 16.8 Å². The maximum absolute atomic E-state index is 10.9. The molecule has 3 heterocycles. The standard InChI is InChI=1S/C19H18BrN5O4S2/c1-28-17-15(25-8-12(23-24-25)18-22-4-5-30-18)16(27)13(9-26)29-19(17)31-14-6-11(20)3-2-10(14)7-21/h2-6,8,13,15-17,19,26-27H,9H2,1H3. The van der Waals surface area contributed by atoms with E-state index in [4.69, 9.17) is 9.47 Å². The van der Waals surface area contributed by atoms with Crippen LogP contribution in [-0.2, 0) is 9.47 Å². The van der Waals surface area contributed by atoms with Gasteiger partial charge in [-0.25, -0.2) is 9.67 Å². The molecule has 4 rings (SSSR count). The van der Waals surface area contributed by atoms with Crippen LogP contribution in [0, 0.1) is 11.3 Å². The molecule has 31 heavy (non-hydrogen) atoms. The molecule has 0 radical (unpaired) electrons. The van der Waals surface area contributed by atoms with E-state index in [1.807, 2.05) is 11.4 Å². The first-order chi connectivity index (χ1) is 15.0. The Balaban J connectivity index is 1.68. The number of thiazole rings is 1. The molecule has 3 aromatic rings. The first-order valence-corrected chi connectivity index (χ1v) is 11.8. The van der Waals surface area contributed by atoms with Crippen molar-refractivity contribution >= 4 is 39.0 Å². The van der Waals surface area contributed by atoms with E-state index in [1.165, 1.54) is 34.9 Å². The lowest BCUT2D eigenvalue weighted by molar-refractivity contribution is -0.186. The predicted molar refractivity (Wildman–Crippen MR) is 117 cm³/mol. The second-order valence-electron chi connectivity index (χ2n) is 6.70. The smallest absolute Gasteiger partial charge is 0.145 e. The van der Waals surface area contributed by atoms with Crippen LogP contribution >= 0.6 is 39.0 Å². The highest BCUT2D eigenvalue weighted by Crippen LogP contribution is 2.41. The lowest BCUT2D eigenvalue weighted by Crippen LogP contribution is -2.55. The summed E-state index contributed by atoms with van der Waals surface area (Å²) < 4.78 is 14.0. The van der Waals surface area contributed by atoms with E-state index in [0.717, 1.165) is 4.47 Å². The van der Waals surface area contributed by atoms with Gasteiger partial charge in [0.25, 0.3) is 0 Å². The second-order valence-corrected chi connectivity index (χ2v) is 9.65. The highest BCUT2D eigenvalue weighted by Gasteiger charge is 2.47. The summed E-state index contributed by atoms with van der Waals surface area (Å²) in [5.41, 5.74) is 0.443. The predicted octanol–water partition coefficient (Wildman–Crippen LogP) is 2.46. The third-order valence-corrected chi connectivity index (χ3v) is 7.36. The van der Waals surface area contributed by atoms with E-state index in [-0.39, 0.29) is 6.61 Å². The number of rotatable bonds is 6. The zero-order valence-electron chi connectivity index (χ0n) is 16.2. The Bertz CT molecular complexity index is 1070. The number of thioether (sulfide) groups is 1. The number of methoxy groups -OCH3 is 1. The highest BCUT2D eigenvalue weighted by atomic mass is 79.9. The lowest BCUT2D eigenvalue weighted by Gasteiger charge is -2.43. The Labute approximate surface area is 194 Å². The topological polar surface area (TPSA) is 126 Å². The van der Waals surface area contributed by atoms with Crippen molar-refractivity contribution in [1.29, 1.82) is 5.26 Å². The van der Waals surface area contributed by atoms with E-state index in [0.29, 0.717) is 21.2 Å². The number of aromatic nitrogens is 4. The van der Waals surface area contributed by atoms with E-state index >= 15 is 0 Å². The Morgan fingerprint density at radius 3 is 2.97 bits per heavy atom. The molecule has 12 heteroatoms. The van der Waals surface area contributed by atoms with E-state index < -0.39 is 29.8 Å². The van der Waals surface area contributed by atoms with Crippen molar-refractivity contribution < 1.29 is 19.7 Å². The summed E-state index contributed by atoms with van der Waals surface area (Å²) in [6.07, 6.45) is 0.786. The van der Waals surface area contributed by atoms with Crippen molar-refractivity contribution in [3.63, 3.8) is 0 Å². The molecule has 2 aromatic heterocycles. The molecule has 1 aliphatic heterocycles. The summed E-state index contributed by atoms with van der Waals surface area (Å²) in [5, 5.41) is 41.1. The van der Waals surface area contributed by atoms with Gasteiger partial charge in [0.2, 0.25) is 0 Å². The minimum Gasteiger partial charge on any atom is -0.394 e. The number of benzene rings is 1. The van der Waals surface area contributed by atoms with Crippen LogP contribution in [0.1, 0.15) is 11.6 Å². The van der Waals surface area contributed by atoms with E-state index in [9.17, 15) is 15.5 Å². The average molecular weight is 524 g/mol. The van der Waals surface area contributed by atoms with Crippen molar-refractivity contribution in [2.24, 2.45) is 0 Å². The van der Waals surface area contributed by atoms with Gasteiger partial charge in [-0.3, -0.25) is 0 Å². The molecule has 0 aliphatic carbocycles. The fourth-order valence-corrected chi connectivity index (χ4v) is 5.78. The van der Waals surface area contributed by atoms with Gasteiger partial charge in [-0.2, -0.15) is 5.26 Å². The number of nitriles is 1. The van der Waals surface area contributed by atoms with Crippen LogP contribution < -0.4 is 0 Å². The molecule has 0 bridgehead atoms. The molecule has 0 saturated carbocycles.